The van der Waals surface area contributed by atoms with E-state index in [9.17, 15) is 13.2 Å². The lowest BCUT2D eigenvalue weighted by Gasteiger charge is -2.35. The summed E-state index contributed by atoms with van der Waals surface area (Å²) in [5.74, 6) is 0.327. The standard InChI is InChI=1S/C23H36ClN3O3S/c1-2-21-6-3-4-14-26(21)15-5-13-25-23(28)18-19-11-16-27(17-12-19)31(29,30)22-9-7-20(24)8-10-22/h7-10,19,21H,2-6,11-18H2,1H3,(H,25,28). The van der Waals surface area contributed by atoms with Gasteiger partial charge >= 0.3 is 0 Å². The van der Waals surface area contributed by atoms with Gasteiger partial charge in [0.05, 0.1) is 4.90 Å². The Bertz CT molecular complexity index is 808. The summed E-state index contributed by atoms with van der Waals surface area (Å²) in [6, 6.07) is 6.99. The first-order chi connectivity index (χ1) is 14.9. The number of nitrogens with zero attached hydrogens (tertiary/aromatic N) is 2. The van der Waals surface area contributed by atoms with E-state index >= 15 is 0 Å². The van der Waals surface area contributed by atoms with Gasteiger partial charge in [-0.3, -0.25) is 4.79 Å². The normalized spacial score (nSPS) is 21.8. The molecule has 2 fully saturated rings. The number of carbonyl (C=O) groups is 1. The van der Waals surface area contributed by atoms with E-state index in [4.69, 9.17) is 11.6 Å². The molecule has 31 heavy (non-hydrogen) atoms. The van der Waals surface area contributed by atoms with Gasteiger partial charge in [0.25, 0.3) is 0 Å². The van der Waals surface area contributed by atoms with E-state index in [2.05, 4.69) is 17.1 Å². The molecule has 2 saturated heterocycles. The van der Waals surface area contributed by atoms with Gasteiger partial charge in [0.2, 0.25) is 15.9 Å². The Kier molecular flexibility index (Phi) is 9.19. The van der Waals surface area contributed by atoms with Crippen LogP contribution in [0.4, 0.5) is 0 Å². The highest BCUT2D eigenvalue weighted by Gasteiger charge is 2.30. The van der Waals surface area contributed by atoms with Crippen molar-refractivity contribution in [1.29, 1.82) is 0 Å². The third-order valence-corrected chi connectivity index (χ3v) is 8.83. The first kappa shape index (κ1) is 24.5. The first-order valence-electron chi connectivity index (χ1n) is 11.7. The lowest BCUT2D eigenvalue weighted by atomic mass is 9.94. The Balaban J connectivity index is 1.35. The van der Waals surface area contributed by atoms with Crippen LogP contribution >= 0.6 is 11.6 Å². The van der Waals surface area contributed by atoms with E-state index in [-0.39, 0.29) is 16.7 Å². The summed E-state index contributed by atoms with van der Waals surface area (Å²) in [5, 5.41) is 3.58. The molecule has 1 amide bonds. The fourth-order valence-electron chi connectivity index (χ4n) is 4.77. The average molecular weight is 470 g/mol. The van der Waals surface area contributed by atoms with Crippen molar-refractivity contribution < 1.29 is 13.2 Å². The molecule has 0 aromatic heterocycles. The van der Waals surface area contributed by atoms with Crippen molar-refractivity contribution >= 4 is 27.5 Å². The van der Waals surface area contributed by atoms with E-state index in [0.717, 1.165) is 19.5 Å². The predicted octanol–water partition coefficient (Wildman–Crippen LogP) is 3.90. The number of sulfonamides is 1. The van der Waals surface area contributed by atoms with Crippen LogP contribution in [0.5, 0.6) is 0 Å². The highest BCUT2D eigenvalue weighted by molar-refractivity contribution is 7.89. The molecule has 1 unspecified atom stereocenters. The van der Waals surface area contributed by atoms with Gasteiger partial charge < -0.3 is 10.2 Å². The summed E-state index contributed by atoms with van der Waals surface area (Å²) >= 11 is 5.86. The fourth-order valence-corrected chi connectivity index (χ4v) is 6.37. The molecule has 174 valence electrons. The summed E-state index contributed by atoms with van der Waals surface area (Å²) in [6.45, 7) is 6.13. The number of rotatable bonds is 9. The van der Waals surface area contributed by atoms with Gasteiger partial charge in [-0.2, -0.15) is 4.31 Å². The van der Waals surface area contributed by atoms with Crippen LogP contribution in [-0.4, -0.2) is 62.3 Å². The second-order valence-corrected chi connectivity index (χ2v) is 11.2. The Labute approximate surface area is 192 Å². The van der Waals surface area contributed by atoms with Gasteiger partial charge in [0, 0.05) is 43.7 Å². The Morgan fingerprint density at radius 2 is 1.81 bits per heavy atom. The topological polar surface area (TPSA) is 69.7 Å². The van der Waals surface area contributed by atoms with Gasteiger partial charge in [-0.1, -0.05) is 24.9 Å². The molecular weight excluding hydrogens is 434 g/mol. The number of hydrogen-bond acceptors (Lipinski definition) is 4. The average Bonchev–Trinajstić information content (AvgIpc) is 2.77. The molecule has 1 N–H and O–H groups in total. The number of piperidine rings is 2. The lowest BCUT2D eigenvalue weighted by Crippen LogP contribution is -2.41. The van der Waals surface area contributed by atoms with Gasteiger partial charge in [-0.15, -0.1) is 0 Å². The fraction of sp³-hybridized carbons (Fsp3) is 0.696. The van der Waals surface area contributed by atoms with Gasteiger partial charge in [-0.05, 0) is 75.3 Å². The molecule has 3 rings (SSSR count). The summed E-state index contributed by atoms with van der Waals surface area (Å²) in [4.78, 5) is 15.2. The maximum absolute atomic E-state index is 12.8. The number of amides is 1. The molecule has 2 aliphatic rings. The number of carbonyl (C=O) groups excluding carboxylic acids is 1. The highest BCUT2D eigenvalue weighted by atomic mass is 35.5. The maximum atomic E-state index is 12.8. The van der Waals surface area contributed by atoms with E-state index in [1.165, 1.54) is 36.5 Å². The Hall–Kier alpha value is -1.15. The van der Waals surface area contributed by atoms with Gasteiger partial charge in [0.15, 0.2) is 0 Å². The molecule has 8 heteroatoms. The molecular formula is C23H36ClN3O3S. The van der Waals surface area contributed by atoms with Crippen molar-refractivity contribution in [2.75, 3.05) is 32.7 Å². The third kappa shape index (κ3) is 6.91. The van der Waals surface area contributed by atoms with E-state index in [1.54, 1.807) is 24.3 Å². The number of halogens is 1. The number of hydrogen-bond donors (Lipinski definition) is 1. The Morgan fingerprint density at radius 3 is 2.48 bits per heavy atom. The van der Waals surface area contributed by atoms with Crippen LogP contribution in [0.1, 0.15) is 58.3 Å². The minimum absolute atomic E-state index is 0.0877. The van der Waals surface area contributed by atoms with Crippen LogP contribution in [0.2, 0.25) is 5.02 Å². The van der Waals surface area contributed by atoms with Crippen LogP contribution in [0.15, 0.2) is 29.2 Å². The first-order valence-corrected chi connectivity index (χ1v) is 13.5. The summed E-state index contributed by atoms with van der Waals surface area (Å²) in [5.41, 5.74) is 0. The van der Waals surface area contributed by atoms with Crippen molar-refractivity contribution in [2.24, 2.45) is 5.92 Å². The van der Waals surface area contributed by atoms with E-state index < -0.39 is 10.0 Å². The maximum Gasteiger partial charge on any atom is 0.243 e. The monoisotopic (exact) mass is 469 g/mol. The van der Waals surface area contributed by atoms with Crippen LogP contribution in [-0.2, 0) is 14.8 Å². The van der Waals surface area contributed by atoms with Gasteiger partial charge in [0.1, 0.15) is 0 Å². The van der Waals surface area contributed by atoms with Crippen molar-refractivity contribution in [3.8, 4) is 0 Å². The zero-order chi connectivity index (χ0) is 22.3. The second kappa shape index (κ2) is 11.6. The molecule has 6 nitrogen and oxygen atoms in total. The lowest BCUT2D eigenvalue weighted by molar-refractivity contribution is -0.122. The summed E-state index contributed by atoms with van der Waals surface area (Å²) in [6.07, 6.45) is 8.03. The number of nitrogens with one attached hydrogen (secondary N) is 1. The summed E-state index contributed by atoms with van der Waals surface area (Å²) < 4.78 is 27.1. The quantitative estimate of drug-likeness (QED) is 0.557. The zero-order valence-electron chi connectivity index (χ0n) is 18.6. The van der Waals surface area contributed by atoms with Gasteiger partial charge in [-0.25, -0.2) is 8.42 Å². The van der Waals surface area contributed by atoms with Crippen molar-refractivity contribution in [3.63, 3.8) is 0 Å². The van der Waals surface area contributed by atoms with Crippen LogP contribution in [0.3, 0.4) is 0 Å². The minimum Gasteiger partial charge on any atom is -0.356 e. The smallest absolute Gasteiger partial charge is 0.243 e. The largest absolute Gasteiger partial charge is 0.356 e. The molecule has 1 aromatic rings. The van der Waals surface area contributed by atoms with E-state index in [1.807, 2.05) is 0 Å². The molecule has 0 radical (unpaired) electrons. The van der Waals surface area contributed by atoms with Crippen LogP contribution < -0.4 is 5.32 Å². The highest BCUT2D eigenvalue weighted by Crippen LogP contribution is 2.26. The molecule has 2 aliphatic heterocycles. The molecule has 1 aromatic carbocycles. The molecule has 0 saturated carbocycles. The summed E-state index contributed by atoms with van der Waals surface area (Å²) in [7, 11) is -3.50. The molecule has 1 atom stereocenters. The minimum atomic E-state index is -3.50. The second-order valence-electron chi connectivity index (χ2n) is 8.80. The molecule has 0 bridgehead atoms. The van der Waals surface area contributed by atoms with Crippen LogP contribution in [0.25, 0.3) is 0 Å². The zero-order valence-corrected chi connectivity index (χ0v) is 20.1. The molecule has 2 heterocycles. The number of likely N-dealkylation sites (tertiary alicyclic amines) is 1. The van der Waals surface area contributed by atoms with Crippen molar-refractivity contribution in [3.05, 3.63) is 29.3 Å². The molecule has 0 spiro atoms. The Morgan fingerprint density at radius 1 is 1.10 bits per heavy atom. The predicted molar refractivity (Wildman–Crippen MR) is 125 cm³/mol. The van der Waals surface area contributed by atoms with E-state index in [0.29, 0.717) is 43.4 Å². The third-order valence-electron chi connectivity index (χ3n) is 6.66. The van der Waals surface area contributed by atoms with Crippen LogP contribution in [0, 0.1) is 5.92 Å². The van der Waals surface area contributed by atoms with Crippen molar-refractivity contribution in [1.82, 2.24) is 14.5 Å². The molecule has 0 aliphatic carbocycles. The number of benzene rings is 1. The SMILES string of the molecule is CCC1CCCCN1CCCNC(=O)CC1CCN(S(=O)(=O)c2ccc(Cl)cc2)CC1. The van der Waals surface area contributed by atoms with Crippen molar-refractivity contribution in [2.45, 2.75) is 69.2 Å².